The van der Waals surface area contributed by atoms with Crippen molar-refractivity contribution in [2.75, 3.05) is 0 Å². The Morgan fingerprint density at radius 2 is 1.60 bits per heavy atom. The van der Waals surface area contributed by atoms with Gasteiger partial charge in [0.2, 0.25) is 0 Å². The normalized spacial score (nSPS) is 9.40. The first kappa shape index (κ1) is 11.7. The number of hydrogen-bond acceptors (Lipinski definition) is 0. The first-order chi connectivity index (χ1) is 4.91. The van der Waals surface area contributed by atoms with Crippen LogP contribution in [0, 0.1) is 0 Å². The minimum atomic E-state index is -0.252. The minimum absolute atomic E-state index is 0.252. The number of rotatable bonds is 7. The summed E-state index contributed by atoms with van der Waals surface area (Å²) >= 11 is 2.43. The Morgan fingerprint density at radius 1 is 1.00 bits per heavy atom. The molecule has 2 heteroatoms. The molecule has 0 nitrogen and oxygen atoms in total. The van der Waals surface area contributed by atoms with Crippen LogP contribution in [-0.2, 0) is 20.2 Å². The zero-order chi connectivity index (χ0) is 7.66. The zero-order valence-corrected chi connectivity index (χ0v) is 14.7. The maximum absolute atomic E-state index is 2.68. The summed E-state index contributed by atoms with van der Waals surface area (Å²) in [6.07, 6.45) is 8.88. The molecule has 0 aliphatic heterocycles. The SMILES string of the molecule is CCCCCCC[CH2][Hg][I]. The molecule has 0 aromatic carbocycles. The van der Waals surface area contributed by atoms with Crippen molar-refractivity contribution in [3.8, 4) is 0 Å². The summed E-state index contributed by atoms with van der Waals surface area (Å²) in [5, 5.41) is 0. The molecular formula is C8H17HgI. The Labute approximate surface area is 86.3 Å². The van der Waals surface area contributed by atoms with Gasteiger partial charge >= 0.3 is 87.3 Å². The predicted molar refractivity (Wildman–Crippen MR) is 52.2 cm³/mol. The second-order valence-corrected chi connectivity index (χ2v) is 16.5. The molecule has 0 spiro atoms. The third-order valence-electron chi connectivity index (χ3n) is 1.74. The summed E-state index contributed by atoms with van der Waals surface area (Å²) in [6.45, 7) is 2.28. The van der Waals surface area contributed by atoms with Gasteiger partial charge in [0.25, 0.3) is 0 Å². The van der Waals surface area contributed by atoms with E-state index in [1.54, 1.807) is 10.4 Å². The van der Waals surface area contributed by atoms with E-state index < -0.39 is 0 Å². The average Bonchev–Trinajstić information content (AvgIpc) is 1.97. The molecule has 0 aliphatic carbocycles. The monoisotopic (exact) mass is 442 g/mol. The molecular weight excluding hydrogens is 424 g/mol. The third-order valence-corrected chi connectivity index (χ3v) is 11.4. The van der Waals surface area contributed by atoms with E-state index in [1.165, 1.54) is 32.1 Å². The Balaban J connectivity index is 2.65. The fourth-order valence-corrected chi connectivity index (χ4v) is 7.89. The van der Waals surface area contributed by atoms with Crippen LogP contribution in [-0.4, -0.2) is 0 Å². The van der Waals surface area contributed by atoms with Gasteiger partial charge < -0.3 is 0 Å². The molecule has 0 radical (unpaired) electrons. The van der Waals surface area contributed by atoms with Crippen LogP contribution in [0.1, 0.15) is 45.4 Å². The van der Waals surface area contributed by atoms with E-state index in [2.05, 4.69) is 24.6 Å². The molecule has 0 aliphatic rings. The molecule has 0 unspecified atom stereocenters. The van der Waals surface area contributed by atoms with Crippen molar-refractivity contribution >= 4 is 17.7 Å². The van der Waals surface area contributed by atoms with Gasteiger partial charge in [-0.2, -0.15) is 0 Å². The Morgan fingerprint density at radius 3 is 2.20 bits per heavy atom. The van der Waals surface area contributed by atoms with Gasteiger partial charge in [0.1, 0.15) is 0 Å². The van der Waals surface area contributed by atoms with Gasteiger partial charge in [-0.1, -0.05) is 0 Å². The van der Waals surface area contributed by atoms with Crippen molar-refractivity contribution in [2.24, 2.45) is 0 Å². The zero-order valence-electron chi connectivity index (χ0n) is 7.03. The summed E-state index contributed by atoms with van der Waals surface area (Å²) in [6, 6.07) is 0. The van der Waals surface area contributed by atoms with Crippen LogP contribution >= 0.6 is 17.7 Å². The Hall–Kier alpha value is 1.67. The van der Waals surface area contributed by atoms with Gasteiger partial charge in [-0.15, -0.1) is 0 Å². The van der Waals surface area contributed by atoms with Crippen LogP contribution < -0.4 is 0 Å². The van der Waals surface area contributed by atoms with Crippen LogP contribution in [0.3, 0.4) is 0 Å². The van der Waals surface area contributed by atoms with E-state index >= 15 is 0 Å². The second kappa shape index (κ2) is 10.7. The van der Waals surface area contributed by atoms with Crippen LogP contribution in [0.2, 0.25) is 3.93 Å². The number of hydrogen-bond donors (Lipinski definition) is 0. The standard InChI is InChI=1S/C8H17.Hg.HI/c1-3-5-7-8-6-4-2;;/h1,3-8H2,2H3;;1H/q;+1;/p-1. The summed E-state index contributed by atoms with van der Waals surface area (Å²) in [4.78, 5) is 0. The second-order valence-electron chi connectivity index (χ2n) is 2.81. The predicted octanol–water partition coefficient (Wildman–Crippen LogP) is 4.20. The van der Waals surface area contributed by atoms with E-state index in [0.717, 1.165) is 0 Å². The molecule has 10 heavy (non-hydrogen) atoms. The number of unbranched alkanes of at least 4 members (excludes halogenated alkanes) is 5. The summed E-state index contributed by atoms with van der Waals surface area (Å²) < 4.78 is 1.65. The fraction of sp³-hybridized carbons (Fsp3) is 1.00. The maximum atomic E-state index is 2.68. The van der Waals surface area contributed by atoms with Gasteiger partial charge in [-0.3, -0.25) is 0 Å². The van der Waals surface area contributed by atoms with E-state index in [1.807, 2.05) is 0 Å². The van der Waals surface area contributed by atoms with E-state index in [4.69, 9.17) is 0 Å². The molecule has 0 heterocycles. The molecule has 0 aromatic rings. The van der Waals surface area contributed by atoms with Crippen molar-refractivity contribution < 1.29 is 20.2 Å². The summed E-state index contributed by atoms with van der Waals surface area (Å²) in [5.41, 5.74) is 0. The van der Waals surface area contributed by atoms with E-state index in [-0.39, 0.29) is 20.2 Å². The Kier molecular flexibility index (Phi) is 12.4. The van der Waals surface area contributed by atoms with Crippen LogP contribution in [0.15, 0.2) is 0 Å². The first-order valence-electron chi connectivity index (χ1n) is 4.47. The molecule has 0 bridgehead atoms. The third kappa shape index (κ3) is 9.67. The van der Waals surface area contributed by atoms with Crippen LogP contribution in [0.25, 0.3) is 0 Å². The van der Waals surface area contributed by atoms with Crippen molar-refractivity contribution in [3.63, 3.8) is 0 Å². The molecule has 0 saturated carbocycles. The summed E-state index contributed by atoms with van der Waals surface area (Å²) in [5.74, 6) is 0. The van der Waals surface area contributed by atoms with Gasteiger partial charge in [-0.05, 0) is 0 Å². The average molecular weight is 441 g/mol. The van der Waals surface area contributed by atoms with Gasteiger partial charge in [0.05, 0.1) is 0 Å². The molecule has 0 atom stereocenters. The first-order valence-corrected chi connectivity index (χ1v) is 23.8. The van der Waals surface area contributed by atoms with Crippen molar-refractivity contribution in [1.82, 2.24) is 0 Å². The van der Waals surface area contributed by atoms with Gasteiger partial charge in [-0.25, -0.2) is 0 Å². The van der Waals surface area contributed by atoms with Gasteiger partial charge in [0, 0.05) is 0 Å². The molecule has 0 fully saturated rings. The quantitative estimate of drug-likeness (QED) is 0.316. The molecule has 0 aromatic heterocycles. The molecule has 58 valence electrons. The van der Waals surface area contributed by atoms with Crippen molar-refractivity contribution in [1.29, 1.82) is 0 Å². The molecule has 0 N–H and O–H groups in total. The van der Waals surface area contributed by atoms with E-state index in [0.29, 0.717) is 0 Å². The van der Waals surface area contributed by atoms with Crippen molar-refractivity contribution in [2.45, 2.75) is 49.4 Å². The molecule has 0 amide bonds. The fourth-order valence-electron chi connectivity index (χ4n) is 1.05. The van der Waals surface area contributed by atoms with Crippen LogP contribution in [0.5, 0.6) is 0 Å². The summed E-state index contributed by atoms with van der Waals surface area (Å²) in [7, 11) is 0. The van der Waals surface area contributed by atoms with Gasteiger partial charge in [0.15, 0.2) is 0 Å². The molecule has 0 saturated heterocycles. The topological polar surface area (TPSA) is 0 Å². The molecule has 0 rings (SSSR count). The van der Waals surface area contributed by atoms with Crippen molar-refractivity contribution in [3.05, 3.63) is 0 Å². The Bertz CT molecular complexity index is 49.2. The van der Waals surface area contributed by atoms with Crippen LogP contribution in [0.4, 0.5) is 0 Å². The number of halogens is 1. The van der Waals surface area contributed by atoms with E-state index in [9.17, 15) is 0 Å².